The first-order valence-electron chi connectivity index (χ1n) is 9.48. The lowest BCUT2D eigenvalue weighted by Crippen LogP contribution is -2.11. The Balaban J connectivity index is 1.50. The predicted molar refractivity (Wildman–Crippen MR) is 122 cm³/mol. The van der Waals surface area contributed by atoms with Crippen molar-refractivity contribution in [2.45, 2.75) is 0 Å². The Morgan fingerprint density at radius 1 is 0.871 bits per heavy atom. The van der Waals surface area contributed by atoms with Crippen LogP contribution in [0.2, 0.25) is 0 Å². The number of carbonyl (C=O) groups excluding carboxylic acids is 1. The number of carbonyl (C=O) groups is 1. The number of hydrogen-bond acceptors (Lipinski definition) is 6. The molecule has 0 spiro atoms. The molecule has 7 heteroatoms. The number of rotatable bonds is 7. The van der Waals surface area contributed by atoms with Crippen molar-refractivity contribution in [2.24, 2.45) is 0 Å². The van der Waals surface area contributed by atoms with Crippen LogP contribution in [-0.4, -0.2) is 25.1 Å². The van der Waals surface area contributed by atoms with Gasteiger partial charge in [0.05, 0.1) is 19.9 Å². The van der Waals surface area contributed by atoms with Crippen molar-refractivity contribution in [3.05, 3.63) is 83.7 Å². The molecular formula is C24H20N2O4S. The molecule has 31 heavy (non-hydrogen) atoms. The smallest absolute Gasteiger partial charge is 0.257 e. The molecule has 4 rings (SSSR count). The Labute approximate surface area is 184 Å². The summed E-state index contributed by atoms with van der Waals surface area (Å²) in [6.07, 6.45) is 0. The fourth-order valence-corrected chi connectivity index (χ4v) is 3.67. The zero-order valence-corrected chi connectivity index (χ0v) is 17.8. The van der Waals surface area contributed by atoms with Gasteiger partial charge in [-0.1, -0.05) is 24.3 Å². The molecule has 0 bridgehead atoms. The number of nitrogens with zero attached hydrogens (tertiary/aromatic N) is 1. The van der Waals surface area contributed by atoms with Crippen LogP contribution in [0, 0.1) is 0 Å². The summed E-state index contributed by atoms with van der Waals surface area (Å²) in [5, 5.41) is 5.19. The highest BCUT2D eigenvalue weighted by atomic mass is 32.1. The third kappa shape index (κ3) is 4.84. The lowest BCUT2D eigenvalue weighted by atomic mass is 10.1. The molecule has 6 nitrogen and oxygen atoms in total. The van der Waals surface area contributed by atoms with Gasteiger partial charge in [0.25, 0.3) is 5.91 Å². The van der Waals surface area contributed by atoms with Crippen LogP contribution in [0.3, 0.4) is 0 Å². The van der Waals surface area contributed by atoms with E-state index in [1.807, 2.05) is 53.9 Å². The minimum absolute atomic E-state index is 0.267. The average molecular weight is 433 g/mol. The number of nitrogens with one attached hydrogen (secondary N) is 1. The second-order valence-corrected chi connectivity index (χ2v) is 7.36. The summed E-state index contributed by atoms with van der Waals surface area (Å²) in [5.41, 5.74) is 1.96. The molecule has 0 aliphatic heterocycles. The first kappa shape index (κ1) is 20.4. The third-order valence-electron chi connectivity index (χ3n) is 4.48. The molecular weight excluding hydrogens is 412 g/mol. The summed E-state index contributed by atoms with van der Waals surface area (Å²) in [4.78, 5) is 17.3. The highest BCUT2D eigenvalue weighted by molar-refractivity contribution is 7.14. The van der Waals surface area contributed by atoms with Crippen LogP contribution in [0.1, 0.15) is 10.4 Å². The fourth-order valence-electron chi connectivity index (χ4n) is 2.96. The molecule has 0 unspecified atom stereocenters. The molecule has 0 aliphatic carbocycles. The van der Waals surface area contributed by atoms with Gasteiger partial charge in [-0.05, 0) is 48.5 Å². The second-order valence-electron chi connectivity index (χ2n) is 6.50. The molecule has 0 saturated carbocycles. The Kier molecular flexibility index (Phi) is 6.14. The van der Waals surface area contributed by atoms with E-state index < -0.39 is 0 Å². The summed E-state index contributed by atoms with van der Waals surface area (Å²) < 4.78 is 16.5. The molecule has 156 valence electrons. The van der Waals surface area contributed by atoms with Gasteiger partial charge in [-0.3, -0.25) is 10.1 Å². The van der Waals surface area contributed by atoms with Gasteiger partial charge in [0.1, 0.15) is 23.0 Å². The summed E-state index contributed by atoms with van der Waals surface area (Å²) in [7, 11) is 3.21. The standard InChI is InChI=1S/C24H20N2O4S/c1-28-18-11-12-22(29-2)20(14-18)21-15-31-24(25-21)26-23(27)16-7-6-10-19(13-16)30-17-8-4-3-5-9-17/h3-15H,1-2H3,(H,25,26,27). The SMILES string of the molecule is COc1ccc(OC)c(-c2csc(NC(=O)c3cccc(Oc4ccccc4)c3)n2)c1. The second kappa shape index (κ2) is 9.32. The van der Waals surface area contributed by atoms with Crippen LogP contribution in [0.5, 0.6) is 23.0 Å². The Bertz CT molecular complexity index is 1190. The third-order valence-corrected chi connectivity index (χ3v) is 5.24. The van der Waals surface area contributed by atoms with E-state index in [-0.39, 0.29) is 5.91 Å². The van der Waals surface area contributed by atoms with Crippen molar-refractivity contribution in [3.8, 4) is 34.3 Å². The van der Waals surface area contributed by atoms with Crippen molar-refractivity contribution in [2.75, 3.05) is 19.5 Å². The van der Waals surface area contributed by atoms with E-state index >= 15 is 0 Å². The normalized spacial score (nSPS) is 10.4. The molecule has 3 aromatic carbocycles. The Hall–Kier alpha value is -3.84. The van der Waals surface area contributed by atoms with Gasteiger partial charge in [-0.15, -0.1) is 11.3 Å². The van der Waals surface area contributed by atoms with E-state index in [0.29, 0.717) is 39.4 Å². The van der Waals surface area contributed by atoms with Crippen LogP contribution in [0.15, 0.2) is 78.2 Å². The number of aromatic nitrogens is 1. The first-order valence-corrected chi connectivity index (χ1v) is 10.4. The van der Waals surface area contributed by atoms with Gasteiger partial charge in [0.15, 0.2) is 5.13 Å². The maximum Gasteiger partial charge on any atom is 0.257 e. The highest BCUT2D eigenvalue weighted by Gasteiger charge is 2.14. The van der Waals surface area contributed by atoms with Crippen molar-refractivity contribution < 1.29 is 19.0 Å². The monoisotopic (exact) mass is 432 g/mol. The molecule has 1 amide bonds. The van der Waals surface area contributed by atoms with Crippen molar-refractivity contribution in [1.82, 2.24) is 4.98 Å². The van der Waals surface area contributed by atoms with E-state index in [4.69, 9.17) is 14.2 Å². The number of anilines is 1. The molecule has 1 N–H and O–H groups in total. The van der Waals surface area contributed by atoms with Gasteiger partial charge >= 0.3 is 0 Å². The molecule has 0 saturated heterocycles. The van der Waals surface area contributed by atoms with Gasteiger partial charge < -0.3 is 14.2 Å². The van der Waals surface area contributed by atoms with E-state index in [1.165, 1.54) is 11.3 Å². The number of hydrogen-bond donors (Lipinski definition) is 1. The minimum atomic E-state index is -0.267. The van der Waals surface area contributed by atoms with E-state index in [1.54, 1.807) is 38.5 Å². The zero-order chi connectivity index (χ0) is 21.6. The maximum atomic E-state index is 12.7. The van der Waals surface area contributed by atoms with Gasteiger partial charge in [-0.25, -0.2) is 4.98 Å². The first-order chi connectivity index (χ1) is 15.2. The van der Waals surface area contributed by atoms with Crippen molar-refractivity contribution in [1.29, 1.82) is 0 Å². The van der Waals surface area contributed by atoms with Crippen molar-refractivity contribution >= 4 is 22.4 Å². The lowest BCUT2D eigenvalue weighted by Gasteiger charge is -2.08. The topological polar surface area (TPSA) is 69.7 Å². The summed E-state index contributed by atoms with van der Waals surface area (Å²) >= 11 is 1.34. The average Bonchev–Trinajstić information content (AvgIpc) is 3.27. The molecule has 1 aromatic heterocycles. The number of benzene rings is 3. The summed E-state index contributed by atoms with van der Waals surface area (Å²) in [5.74, 6) is 2.40. The van der Waals surface area contributed by atoms with E-state index in [9.17, 15) is 4.79 Å². The lowest BCUT2D eigenvalue weighted by molar-refractivity contribution is 0.102. The quantitative estimate of drug-likeness (QED) is 0.395. The van der Waals surface area contributed by atoms with Crippen LogP contribution in [0.4, 0.5) is 5.13 Å². The highest BCUT2D eigenvalue weighted by Crippen LogP contribution is 2.35. The number of para-hydroxylation sites is 1. The molecule has 0 radical (unpaired) electrons. The van der Waals surface area contributed by atoms with E-state index in [0.717, 1.165) is 5.56 Å². The fraction of sp³-hybridized carbons (Fsp3) is 0.0833. The largest absolute Gasteiger partial charge is 0.497 e. The van der Waals surface area contributed by atoms with Gasteiger partial charge in [0.2, 0.25) is 0 Å². The van der Waals surface area contributed by atoms with Gasteiger partial charge in [-0.2, -0.15) is 0 Å². The number of amides is 1. The summed E-state index contributed by atoms with van der Waals surface area (Å²) in [6.45, 7) is 0. The molecule has 0 fully saturated rings. The molecule has 1 heterocycles. The number of thiazole rings is 1. The van der Waals surface area contributed by atoms with Crippen LogP contribution >= 0.6 is 11.3 Å². The molecule has 0 atom stereocenters. The number of ether oxygens (including phenoxy) is 3. The van der Waals surface area contributed by atoms with Crippen LogP contribution < -0.4 is 19.5 Å². The van der Waals surface area contributed by atoms with E-state index in [2.05, 4.69) is 10.3 Å². The van der Waals surface area contributed by atoms with Crippen molar-refractivity contribution in [3.63, 3.8) is 0 Å². The Morgan fingerprint density at radius 2 is 1.68 bits per heavy atom. The summed E-state index contributed by atoms with van der Waals surface area (Å²) in [6, 6.07) is 21.9. The van der Waals surface area contributed by atoms with Crippen LogP contribution in [0.25, 0.3) is 11.3 Å². The maximum absolute atomic E-state index is 12.7. The van der Waals surface area contributed by atoms with Gasteiger partial charge in [0, 0.05) is 16.5 Å². The minimum Gasteiger partial charge on any atom is -0.497 e. The molecule has 0 aliphatic rings. The predicted octanol–water partition coefficient (Wildman–Crippen LogP) is 5.87. The Morgan fingerprint density at radius 3 is 2.45 bits per heavy atom. The molecule has 4 aromatic rings. The number of methoxy groups -OCH3 is 2. The zero-order valence-electron chi connectivity index (χ0n) is 17.0. The van der Waals surface area contributed by atoms with Crippen LogP contribution in [-0.2, 0) is 0 Å².